The molecule has 5 nitrogen and oxygen atoms in total. The lowest BCUT2D eigenvalue weighted by atomic mass is 9.92. The Morgan fingerprint density at radius 3 is 3.05 bits per heavy atom. The molecule has 3 aromatic heterocycles. The number of aromatic nitrogens is 4. The Bertz CT molecular complexity index is 825. The van der Waals surface area contributed by atoms with Crippen molar-refractivity contribution in [3.63, 3.8) is 0 Å². The van der Waals surface area contributed by atoms with Crippen LogP contribution < -0.4 is 5.32 Å². The summed E-state index contributed by atoms with van der Waals surface area (Å²) in [5.74, 6) is 0.659. The third-order valence-corrected chi connectivity index (χ3v) is 4.32. The Kier molecular flexibility index (Phi) is 3.39. The number of hydrogen-bond acceptors (Lipinski definition) is 4. The summed E-state index contributed by atoms with van der Waals surface area (Å²) in [5, 5.41) is 3.89. The molecule has 1 aliphatic carbocycles. The first-order valence-corrected chi connectivity index (χ1v) is 7.86. The fourth-order valence-corrected chi connectivity index (χ4v) is 3.43. The van der Waals surface area contributed by atoms with Crippen LogP contribution in [0.1, 0.15) is 17.7 Å². The number of hydrogen-bond donors (Lipinski definition) is 2. The summed E-state index contributed by atoms with van der Waals surface area (Å²) in [6.45, 7) is 0. The highest BCUT2D eigenvalue weighted by Gasteiger charge is 2.23. The summed E-state index contributed by atoms with van der Waals surface area (Å²) in [5.41, 5.74) is 4.72. The highest BCUT2D eigenvalue weighted by atomic mass is 35.5. The number of halogens is 2. The Morgan fingerprint density at radius 1 is 1.27 bits per heavy atom. The van der Waals surface area contributed by atoms with Crippen LogP contribution in [0.25, 0.3) is 11.0 Å². The molecule has 2 N–H and O–H groups in total. The number of rotatable bonds is 2. The lowest BCUT2D eigenvalue weighted by Gasteiger charge is -2.23. The van der Waals surface area contributed by atoms with Crippen molar-refractivity contribution in [2.75, 3.05) is 5.32 Å². The molecule has 1 atom stereocenters. The van der Waals surface area contributed by atoms with Gasteiger partial charge in [-0.25, -0.2) is 9.97 Å². The number of pyridine rings is 1. The molecule has 0 fully saturated rings. The van der Waals surface area contributed by atoms with Crippen molar-refractivity contribution in [1.82, 2.24) is 19.9 Å². The first-order chi connectivity index (χ1) is 10.7. The number of nitrogens with zero attached hydrogens (tertiary/aromatic N) is 3. The van der Waals surface area contributed by atoms with Crippen molar-refractivity contribution < 1.29 is 0 Å². The molecule has 1 unspecified atom stereocenters. The van der Waals surface area contributed by atoms with Crippen molar-refractivity contribution in [3.8, 4) is 0 Å². The third kappa shape index (κ3) is 2.51. The molecular formula is C15H13Cl2N5. The minimum Gasteiger partial charge on any atom is -0.367 e. The minimum absolute atomic E-state index is 0.153. The predicted molar refractivity (Wildman–Crippen MR) is 87.6 cm³/mol. The van der Waals surface area contributed by atoms with Crippen LogP contribution in [0.2, 0.25) is 10.4 Å². The molecule has 7 heteroatoms. The van der Waals surface area contributed by atoms with E-state index in [9.17, 15) is 0 Å². The largest absolute Gasteiger partial charge is 0.367 e. The van der Waals surface area contributed by atoms with Crippen LogP contribution in [-0.4, -0.2) is 26.0 Å². The molecule has 0 saturated heterocycles. The molecule has 4 rings (SSSR count). The molecule has 0 saturated carbocycles. The number of aryl methyl sites for hydroxylation is 1. The van der Waals surface area contributed by atoms with Gasteiger partial charge >= 0.3 is 0 Å². The summed E-state index contributed by atoms with van der Waals surface area (Å²) in [6, 6.07) is 5.98. The summed E-state index contributed by atoms with van der Waals surface area (Å²) in [7, 11) is 0. The molecule has 3 aromatic rings. The van der Waals surface area contributed by atoms with Crippen molar-refractivity contribution in [2.45, 2.75) is 25.3 Å². The van der Waals surface area contributed by atoms with Gasteiger partial charge in [0.2, 0.25) is 5.28 Å². The van der Waals surface area contributed by atoms with Crippen LogP contribution in [-0.2, 0) is 12.8 Å². The average Bonchev–Trinajstić information content (AvgIpc) is 2.84. The van der Waals surface area contributed by atoms with Crippen LogP contribution in [0, 0.1) is 0 Å². The fraction of sp³-hybridized carbons (Fsp3) is 0.267. The summed E-state index contributed by atoms with van der Waals surface area (Å²) < 4.78 is 0. The summed E-state index contributed by atoms with van der Waals surface area (Å²) in [6.07, 6.45) is 4.72. The normalized spacial score (nSPS) is 17.5. The molecule has 22 heavy (non-hydrogen) atoms. The van der Waals surface area contributed by atoms with E-state index < -0.39 is 0 Å². The zero-order valence-corrected chi connectivity index (χ0v) is 13.1. The highest BCUT2D eigenvalue weighted by molar-refractivity contribution is 6.32. The van der Waals surface area contributed by atoms with E-state index in [4.69, 9.17) is 23.2 Å². The Balaban J connectivity index is 1.61. The zero-order valence-electron chi connectivity index (χ0n) is 11.6. The standard InChI is InChI=1S/C15H13Cl2N5/c16-12-7-13(22-15(17)21-12)19-8-3-4-10-9(6-8)14-11(20-10)2-1-5-18-14/h1-2,5,7-8,20H,3-4,6H2,(H,19,21,22). The lowest BCUT2D eigenvalue weighted by molar-refractivity contribution is 0.605. The zero-order chi connectivity index (χ0) is 15.1. The molecule has 0 bridgehead atoms. The molecular weight excluding hydrogens is 321 g/mol. The summed E-state index contributed by atoms with van der Waals surface area (Å²) in [4.78, 5) is 16.0. The second-order valence-corrected chi connectivity index (χ2v) is 6.14. The van der Waals surface area contributed by atoms with Crippen LogP contribution in [0.15, 0.2) is 24.4 Å². The minimum atomic E-state index is 0.153. The topological polar surface area (TPSA) is 66.5 Å². The van der Waals surface area contributed by atoms with Crippen molar-refractivity contribution in [2.24, 2.45) is 0 Å². The number of nitrogens with one attached hydrogen (secondary N) is 2. The molecule has 0 spiro atoms. The molecule has 1 aliphatic rings. The summed E-state index contributed by atoms with van der Waals surface area (Å²) >= 11 is 11.8. The van der Waals surface area contributed by atoms with Crippen LogP contribution >= 0.6 is 23.2 Å². The third-order valence-electron chi connectivity index (χ3n) is 3.96. The predicted octanol–water partition coefficient (Wildman–Crippen LogP) is 3.63. The van der Waals surface area contributed by atoms with Crippen molar-refractivity contribution in [1.29, 1.82) is 0 Å². The monoisotopic (exact) mass is 333 g/mol. The maximum atomic E-state index is 5.92. The van der Waals surface area contributed by atoms with E-state index in [-0.39, 0.29) is 11.3 Å². The SMILES string of the molecule is Clc1cc(NC2CCc3[nH]c4cccnc4c3C2)nc(Cl)n1. The van der Waals surface area contributed by atoms with Crippen LogP contribution in [0.3, 0.4) is 0 Å². The fourth-order valence-electron chi connectivity index (χ4n) is 3.02. The number of fused-ring (bicyclic) bond motifs is 3. The number of anilines is 1. The van der Waals surface area contributed by atoms with E-state index in [2.05, 4.69) is 31.3 Å². The van der Waals surface area contributed by atoms with Gasteiger partial charge in [-0.1, -0.05) is 11.6 Å². The van der Waals surface area contributed by atoms with E-state index >= 15 is 0 Å². The second kappa shape index (κ2) is 5.41. The van der Waals surface area contributed by atoms with Gasteiger partial charge in [0.15, 0.2) is 0 Å². The van der Waals surface area contributed by atoms with E-state index in [0.717, 1.165) is 30.3 Å². The van der Waals surface area contributed by atoms with Crippen molar-refractivity contribution >= 4 is 40.1 Å². The van der Waals surface area contributed by atoms with Gasteiger partial charge in [0, 0.05) is 29.6 Å². The molecule has 3 heterocycles. The lowest BCUT2D eigenvalue weighted by Crippen LogP contribution is -2.27. The van der Waals surface area contributed by atoms with Gasteiger partial charge in [-0.3, -0.25) is 4.98 Å². The van der Waals surface area contributed by atoms with Gasteiger partial charge in [0.25, 0.3) is 0 Å². The first kappa shape index (κ1) is 13.8. The quantitative estimate of drug-likeness (QED) is 0.555. The Morgan fingerprint density at radius 2 is 2.18 bits per heavy atom. The maximum Gasteiger partial charge on any atom is 0.225 e. The van der Waals surface area contributed by atoms with Gasteiger partial charge in [0.1, 0.15) is 11.0 Å². The second-order valence-electron chi connectivity index (χ2n) is 5.41. The molecule has 0 radical (unpaired) electrons. The van der Waals surface area contributed by atoms with E-state index in [0.29, 0.717) is 11.0 Å². The number of aromatic amines is 1. The smallest absolute Gasteiger partial charge is 0.225 e. The van der Waals surface area contributed by atoms with Crippen molar-refractivity contribution in [3.05, 3.63) is 46.1 Å². The first-order valence-electron chi connectivity index (χ1n) is 7.10. The average molecular weight is 334 g/mol. The molecule has 112 valence electrons. The maximum absolute atomic E-state index is 5.92. The molecule has 0 aromatic carbocycles. The van der Waals surface area contributed by atoms with Gasteiger partial charge in [0.05, 0.1) is 11.0 Å². The van der Waals surface area contributed by atoms with Gasteiger partial charge < -0.3 is 10.3 Å². The van der Waals surface area contributed by atoms with E-state index in [1.165, 1.54) is 11.3 Å². The van der Waals surface area contributed by atoms with Gasteiger partial charge in [-0.2, -0.15) is 0 Å². The van der Waals surface area contributed by atoms with Crippen LogP contribution in [0.5, 0.6) is 0 Å². The highest BCUT2D eigenvalue weighted by Crippen LogP contribution is 2.29. The Hall–Kier alpha value is -1.85. The molecule has 0 aliphatic heterocycles. The van der Waals surface area contributed by atoms with E-state index in [1.807, 2.05) is 12.3 Å². The van der Waals surface area contributed by atoms with Gasteiger partial charge in [-0.15, -0.1) is 0 Å². The van der Waals surface area contributed by atoms with Gasteiger partial charge in [-0.05, 0) is 43.0 Å². The Labute approximate surface area is 137 Å². The van der Waals surface area contributed by atoms with E-state index in [1.54, 1.807) is 6.07 Å². The molecule has 0 amide bonds. The number of H-pyrrole nitrogens is 1. The van der Waals surface area contributed by atoms with Crippen LogP contribution in [0.4, 0.5) is 5.82 Å².